The van der Waals surface area contributed by atoms with Crippen LogP contribution in [-0.2, 0) is 20.1 Å². The van der Waals surface area contributed by atoms with Crippen molar-refractivity contribution in [3.05, 3.63) is 66.4 Å². The van der Waals surface area contributed by atoms with Gasteiger partial charge in [0.2, 0.25) is 0 Å². The minimum Gasteiger partial charge on any atom is -0.392 e. The predicted octanol–water partition coefficient (Wildman–Crippen LogP) is 6.62. The Balaban J connectivity index is 0.000000193. The van der Waals surface area contributed by atoms with Gasteiger partial charge >= 0.3 is 0 Å². The number of aliphatic hydroxyl groups is 2. The third kappa shape index (κ3) is 5.02. The zero-order chi connectivity index (χ0) is 24.0. The van der Waals surface area contributed by atoms with Crippen molar-refractivity contribution in [2.24, 2.45) is 22.7 Å². The number of rotatable bonds is 2. The van der Waals surface area contributed by atoms with Gasteiger partial charge in [-0.25, -0.2) is 0 Å². The van der Waals surface area contributed by atoms with Crippen LogP contribution in [0.4, 0.5) is 0 Å². The summed E-state index contributed by atoms with van der Waals surface area (Å²) in [4.78, 5) is 4.55. The summed E-state index contributed by atoms with van der Waals surface area (Å²) >= 11 is 0. The smallest absolute Gasteiger partial charge is 0.0646 e. The molecule has 5 rings (SSSR count). The van der Waals surface area contributed by atoms with Gasteiger partial charge in [-0.2, -0.15) is 0 Å². The summed E-state index contributed by atoms with van der Waals surface area (Å²) in [6.07, 6.45) is 3.34. The summed E-state index contributed by atoms with van der Waals surface area (Å²) in [7, 11) is 0. The molecule has 3 nitrogen and oxygen atoms in total. The Hall–Kier alpha value is -1.58. The first kappa shape index (κ1) is 27.0. The Morgan fingerprint density at radius 3 is 2.06 bits per heavy atom. The average Bonchev–Trinajstić information content (AvgIpc) is 3.13. The van der Waals surface area contributed by atoms with Crippen LogP contribution in [0.5, 0.6) is 0 Å². The second kappa shape index (κ2) is 10.2. The summed E-state index contributed by atoms with van der Waals surface area (Å²) in [5, 5.41) is 22.8. The van der Waals surface area contributed by atoms with Gasteiger partial charge in [0.25, 0.3) is 0 Å². The van der Waals surface area contributed by atoms with Crippen LogP contribution < -0.4 is 0 Å². The Labute approximate surface area is 218 Å². The van der Waals surface area contributed by atoms with Gasteiger partial charge in [-0.1, -0.05) is 59.7 Å². The van der Waals surface area contributed by atoms with Gasteiger partial charge in [-0.15, -0.1) is 35.9 Å². The molecule has 2 N–H and O–H groups in total. The number of aliphatic hydroxyl groups excluding tert-OH is 2. The Kier molecular flexibility index (Phi) is 8.09. The number of fused-ring (bicyclic) bond motifs is 2. The molecule has 0 amide bonds. The molecule has 2 unspecified atom stereocenters. The largest absolute Gasteiger partial charge is 0.392 e. The fraction of sp³-hybridized carbons (Fsp3) is 0.500. The van der Waals surface area contributed by atoms with Crippen LogP contribution in [0, 0.1) is 28.7 Å². The quantitative estimate of drug-likeness (QED) is 0.311. The van der Waals surface area contributed by atoms with Crippen molar-refractivity contribution >= 4 is 10.8 Å². The predicted molar refractivity (Wildman–Crippen MR) is 136 cm³/mol. The number of benzene rings is 2. The molecule has 3 aromatic rings. The minimum absolute atomic E-state index is 0. The van der Waals surface area contributed by atoms with Gasteiger partial charge < -0.3 is 15.2 Å². The van der Waals surface area contributed by atoms with Gasteiger partial charge in [-0.3, -0.25) is 0 Å². The molecule has 2 fully saturated rings. The topological polar surface area (TPSA) is 53.4 Å². The average molecular weight is 637 g/mol. The van der Waals surface area contributed by atoms with E-state index in [4.69, 9.17) is 0 Å². The Morgan fingerprint density at radius 1 is 0.882 bits per heavy atom. The van der Waals surface area contributed by atoms with Crippen LogP contribution in [0.15, 0.2) is 54.7 Å². The summed E-state index contributed by atoms with van der Waals surface area (Å²) in [6.45, 7) is 12.9. The van der Waals surface area contributed by atoms with Gasteiger partial charge in [0, 0.05) is 32.2 Å². The SMILES string of the molecule is CC(C)c1cccc2c(-c3[c-]cccc3)nccc12.CC1(C)CC2CC(C)(C)C(O)C2C1O.[Ir]. The van der Waals surface area contributed by atoms with E-state index in [2.05, 4.69) is 82.9 Å². The fourth-order valence-corrected chi connectivity index (χ4v) is 6.16. The number of nitrogens with zero attached hydrogens (tertiary/aromatic N) is 1. The third-order valence-corrected chi connectivity index (χ3v) is 7.88. The number of aromatic nitrogens is 1. The molecule has 2 saturated carbocycles. The maximum atomic E-state index is 10.2. The van der Waals surface area contributed by atoms with Crippen LogP contribution >= 0.6 is 0 Å². The fourth-order valence-electron chi connectivity index (χ4n) is 6.16. The molecular formula is C30H38IrNO2-. The molecular weight excluding hydrogens is 599 g/mol. The summed E-state index contributed by atoms with van der Waals surface area (Å²) < 4.78 is 0. The molecule has 1 heterocycles. The zero-order valence-electron chi connectivity index (χ0n) is 21.2. The van der Waals surface area contributed by atoms with E-state index in [1.807, 2.05) is 24.4 Å². The molecule has 2 aliphatic rings. The van der Waals surface area contributed by atoms with E-state index in [-0.39, 0.29) is 49.1 Å². The second-order valence-electron chi connectivity index (χ2n) is 11.6. The molecule has 1 aromatic heterocycles. The van der Waals surface area contributed by atoms with Gasteiger partial charge in [0.05, 0.1) is 12.2 Å². The van der Waals surface area contributed by atoms with E-state index in [0.29, 0.717) is 11.8 Å². The first-order valence-electron chi connectivity index (χ1n) is 12.2. The van der Waals surface area contributed by atoms with Crippen LogP contribution in [-0.4, -0.2) is 27.4 Å². The van der Waals surface area contributed by atoms with E-state index >= 15 is 0 Å². The normalized spacial score (nSPS) is 26.5. The van der Waals surface area contributed by atoms with Crippen LogP contribution in [0.1, 0.15) is 65.9 Å². The van der Waals surface area contributed by atoms with Crippen molar-refractivity contribution in [3.63, 3.8) is 0 Å². The van der Waals surface area contributed by atoms with E-state index in [1.165, 1.54) is 16.3 Å². The van der Waals surface area contributed by atoms with Crippen LogP contribution in [0.2, 0.25) is 0 Å². The molecule has 1 radical (unpaired) electrons. The van der Waals surface area contributed by atoms with Crippen molar-refractivity contribution in [1.29, 1.82) is 0 Å². The first-order valence-corrected chi connectivity index (χ1v) is 12.2. The molecule has 0 bridgehead atoms. The standard InChI is InChI=1S/C18H16N.C12H22O2.Ir/c1-13(2)15-9-6-10-17-16(15)11-12-19-18(17)14-7-4-3-5-8-14;1-11(2)5-7-6-12(3,4)10(14)8(7)9(11)13;/h3-7,9-13H,1-2H3;7-10,13-14H,5-6H2,1-4H3;/q-1;;. The number of pyridine rings is 1. The molecule has 2 aromatic carbocycles. The summed E-state index contributed by atoms with van der Waals surface area (Å²) in [5.74, 6) is 1.14. The van der Waals surface area contributed by atoms with Crippen molar-refractivity contribution in [1.82, 2.24) is 4.98 Å². The van der Waals surface area contributed by atoms with Gasteiger partial charge in [-0.05, 0) is 63.6 Å². The Morgan fingerprint density at radius 2 is 1.53 bits per heavy atom. The van der Waals surface area contributed by atoms with Crippen molar-refractivity contribution in [2.45, 2.75) is 72.5 Å². The molecule has 2 atom stereocenters. The molecule has 185 valence electrons. The van der Waals surface area contributed by atoms with Crippen LogP contribution in [0.3, 0.4) is 0 Å². The zero-order valence-corrected chi connectivity index (χ0v) is 23.6. The van der Waals surface area contributed by atoms with Crippen molar-refractivity contribution in [2.75, 3.05) is 0 Å². The van der Waals surface area contributed by atoms with Crippen LogP contribution in [0.25, 0.3) is 22.0 Å². The molecule has 34 heavy (non-hydrogen) atoms. The number of hydrogen-bond acceptors (Lipinski definition) is 3. The van der Waals surface area contributed by atoms with E-state index in [1.54, 1.807) is 0 Å². The van der Waals surface area contributed by atoms with Crippen molar-refractivity contribution in [3.8, 4) is 11.3 Å². The summed E-state index contributed by atoms with van der Waals surface area (Å²) in [5.41, 5.74) is 3.42. The summed E-state index contributed by atoms with van der Waals surface area (Å²) in [6, 6.07) is 19.8. The Bertz CT molecular complexity index is 1090. The second-order valence-corrected chi connectivity index (χ2v) is 11.6. The van der Waals surface area contributed by atoms with E-state index in [0.717, 1.165) is 24.1 Å². The maximum absolute atomic E-state index is 10.2. The molecule has 4 heteroatoms. The maximum Gasteiger partial charge on any atom is 0.0646 e. The number of hydrogen-bond donors (Lipinski definition) is 2. The van der Waals surface area contributed by atoms with E-state index in [9.17, 15) is 10.2 Å². The third-order valence-electron chi connectivity index (χ3n) is 7.88. The minimum atomic E-state index is -0.329. The molecule has 0 saturated heterocycles. The van der Waals surface area contributed by atoms with Gasteiger partial charge in [0.1, 0.15) is 0 Å². The molecule has 2 aliphatic carbocycles. The van der Waals surface area contributed by atoms with Gasteiger partial charge in [0.15, 0.2) is 0 Å². The molecule has 0 aliphatic heterocycles. The molecule has 0 spiro atoms. The first-order chi connectivity index (χ1) is 15.5. The monoisotopic (exact) mass is 637 g/mol. The van der Waals surface area contributed by atoms with Crippen molar-refractivity contribution < 1.29 is 30.3 Å². The van der Waals surface area contributed by atoms with E-state index < -0.39 is 0 Å².